The lowest BCUT2D eigenvalue weighted by atomic mass is 10.1. The average Bonchev–Trinajstić information content (AvgIpc) is 3.40. The zero-order valence-electron chi connectivity index (χ0n) is 18.2. The van der Waals surface area contributed by atoms with E-state index in [9.17, 15) is 19.2 Å². The van der Waals surface area contributed by atoms with Gasteiger partial charge in [0.25, 0.3) is 5.56 Å². The number of aryl methyl sites for hydroxylation is 2. The molecule has 0 fully saturated rings. The van der Waals surface area contributed by atoms with Gasteiger partial charge in [0.2, 0.25) is 5.91 Å². The second kappa shape index (κ2) is 9.05. The Balaban J connectivity index is 1.46. The number of halogens is 1. The number of fused-ring (bicyclic) bond motifs is 2. The molecule has 1 N–H and O–H groups in total. The third-order valence-electron chi connectivity index (χ3n) is 5.78. The number of anilines is 1. The standard InChI is InChI=1S/C25H19FN4O2S2/c1-14-9-10-15(11-19(14)26)30-24(32)17-5-2-3-7-20(17)28-25(30)33-13-22(31)29-23-18(12-27)16-6-4-8-21(16)34-23/h2-3,5,7,9-11H,4,6,8,13H2,1H3,(H,29,31). The summed E-state index contributed by atoms with van der Waals surface area (Å²) < 4.78 is 15.6. The maximum absolute atomic E-state index is 14.3. The molecular formula is C25H19FN4O2S2. The van der Waals surface area contributed by atoms with E-state index in [4.69, 9.17) is 0 Å². The van der Waals surface area contributed by atoms with Gasteiger partial charge in [-0.3, -0.25) is 14.2 Å². The summed E-state index contributed by atoms with van der Waals surface area (Å²) in [7, 11) is 0. The topological polar surface area (TPSA) is 87.8 Å². The first-order valence-corrected chi connectivity index (χ1v) is 12.5. The van der Waals surface area contributed by atoms with E-state index in [0.717, 1.165) is 41.5 Å². The van der Waals surface area contributed by atoms with E-state index >= 15 is 0 Å². The van der Waals surface area contributed by atoms with Crippen molar-refractivity contribution in [3.05, 3.63) is 80.2 Å². The van der Waals surface area contributed by atoms with Gasteiger partial charge in [-0.25, -0.2) is 9.37 Å². The number of hydrogen-bond donors (Lipinski definition) is 1. The van der Waals surface area contributed by atoms with Crippen molar-refractivity contribution in [1.29, 1.82) is 5.26 Å². The van der Waals surface area contributed by atoms with E-state index < -0.39 is 5.82 Å². The van der Waals surface area contributed by atoms with Gasteiger partial charge in [0.1, 0.15) is 16.9 Å². The van der Waals surface area contributed by atoms with Crippen LogP contribution in [-0.2, 0) is 17.6 Å². The Labute approximate surface area is 203 Å². The van der Waals surface area contributed by atoms with Crippen LogP contribution in [-0.4, -0.2) is 21.2 Å². The molecule has 4 aromatic rings. The third kappa shape index (κ3) is 4.00. The van der Waals surface area contributed by atoms with Crippen molar-refractivity contribution in [3.8, 4) is 11.8 Å². The van der Waals surface area contributed by atoms with Crippen LogP contribution in [0.1, 0.15) is 28.0 Å². The van der Waals surface area contributed by atoms with Gasteiger partial charge in [0.05, 0.1) is 27.9 Å². The van der Waals surface area contributed by atoms with Crippen LogP contribution in [0.3, 0.4) is 0 Å². The fourth-order valence-electron chi connectivity index (χ4n) is 4.06. The van der Waals surface area contributed by atoms with E-state index in [1.165, 1.54) is 22.0 Å². The number of amides is 1. The first-order valence-electron chi connectivity index (χ1n) is 10.7. The first kappa shape index (κ1) is 22.3. The molecule has 0 radical (unpaired) electrons. The minimum Gasteiger partial charge on any atom is -0.316 e. The van der Waals surface area contributed by atoms with Crippen LogP contribution >= 0.6 is 23.1 Å². The number of aromatic nitrogens is 2. The fraction of sp³-hybridized carbons (Fsp3) is 0.200. The molecule has 2 aromatic carbocycles. The van der Waals surface area contributed by atoms with Crippen LogP contribution in [0.2, 0.25) is 0 Å². The van der Waals surface area contributed by atoms with Gasteiger partial charge < -0.3 is 5.32 Å². The van der Waals surface area contributed by atoms with Crippen LogP contribution in [0.4, 0.5) is 9.39 Å². The number of thiophene rings is 1. The SMILES string of the molecule is Cc1ccc(-n2c(SCC(=O)Nc3sc4c(c3C#N)CCC4)nc3ccccc3c2=O)cc1F. The highest BCUT2D eigenvalue weighted by atomic mass is 32.2. The molecule has 5 rings (SSSR count). The van der Waals surface area contributed by atoms with Gasteiger partial charge in [-0.05, 0) is 61.6 Å². The Morgan fingerprint density at radius 1 is 1.29 bits per heavy atom. The third-order valence-corrected chi connectivity index (χ3v) is 7.92. The van der Waals surface area contributed by atoms with Crippen LogP contribution in [0.15, 0.2) is 52.4 Å². The van der Waals surface area contributed by atoms with Gasteiger partial charge in [-0.1, -0.05) is 30.0 Å². The molecule has 9 heteroatoms. The Morgan fingerprint density at radius 2 is 2.12 bits per heavy atom. The summed E-state index contributed by atoms with van der Waals surface area (Å²) in [6.45, 7) is 1.65. The molecule has 170 valence electrons. The normalized spacial score (nSPS) is 12.5. The summed E-state index contributed by atoms with van der Waals surface area (Å²) in [4.78, 5) is 31.8. The molecule has 0 unspecified atom stereocenters. The van der Waals surface area contributed by atoms with Gasteiger partial charge >= 0.3 is 0 Å². The largest absolute Gasteiger partial charge is 0.316 e. The number of benzene rings is 2. The lowest BCUT2D eigenvalue weighted by Crippen LogP contribution is -2.23. The summed E-state index contributed by atoms with van der Waals surface area (Å²) in [6.07, 6.45) is 2.82. The minimum atomic E-state index is -0.430. The number of para-hydroxylation sites is 1. The van der Waals surface area contributed by atoms with Gasteiger partial charge in [-0.15, -0.1) is 11.3 Å². The van der Waals surface area contributed by atoms with Crippen LogP contribution in [0.5, 0.6) is 0 Å². The zero-order chi connectivity index (χ0) is 23.8. The van der Waals surface area contributed by atoms with Crippen molar-refractivity contribution in [2.24, 2.45) is 0 Å². The number of thioether (sulfide) groups is 1. The lowest BCUT2D eigenvalue weighted by Gasteiger charge is -2.14. The van der Waals surface area contributed by atoms with E-state index in [-0.39, 0.29) is 22.4 Å². The number of hydrogen-bond acceptors (Lipinski definition) is 6. The Bertz CT molecular complexity index is 1550. The summed E-state index contributed by atoms with van der Waals surface area (Å²) in [6, 6.07) is 13.7. The number of carbonyl (C=O) groups is 1. The molecule has 6 nitrogen and oxygen atoms in total. The Hall–Kier alpha value is -3.48. The number of nitrogens with zero attached hydrogens (tertiary/aromatic N) is 3. The number of rotatable bonds is 5. The Kier molecular flexibility index (Phi) is 5.94. The molecule has 2 heterocycles. The highest BCUT2D eigenvalue weighted by molar-refractivity contribution is 7.99. The van der Waals surface area contributed by atoms with Crippen LogP contribution in [0.25, 0.3) is 16.6 Å². The fourth-order valence-corrected chi connectivity index (χ4v) is 6.13. The molecule has 34 heavy (non-hydrogen) atoms. The molecule has 0 aliphatic heterocycles. The number of nitrogens with one attached hydrogen (secondary N) is 1. The molecule has 1 aliphatic rings. The predicted octanol–water partition coefficient (Wildman–Crippen LogP) is 4.99. The maximum atomic E-state index is 14.3. The van der Waals surface area contributed by atoms with Crippen molar-refractivity contribution in [1.82, 2.24) is 9.55 Å². The summed E-state index contributed by atoms with van der Waals surface area (Å²) in [5, 5.41) is 13.7. The highest BCUT2D eigenvalue weighted by Crippen LogP contribution is 2.38. The summed E-state index contributed by atoms with van der Waals surface area (Å²) >= 11 is 2.55. The number of carbonyl (C=O) groups excluding carboxylic acids is 1. The summed E-state index contributed by atoms with van der Waals surface area (Å²) in [5.41, 5.74) is 2.57. The highest BCUT2D eigenvalue weighted by Gasteiger charge is 2.23. The van der Waals surface area contributed by atoms with Crippen LogP contribution < -0.4 is 10.9 Å². The lowest BCUT2D eigenvalue weighted by molar-refractivity contribution is -0.113. The van der Waals surface area contributed by atoms with Crippen molar-refractivity contribution < 1.29 is 9.18 Å². The van der Waals surface area contributed by atoms with Crippen molar-refractivity contribution in [2.45, 2.75) is 31.3 Å². The number of nitriles is 1. The molecule has 0 saturated carbocycles. The molecule has 1 amide bonds. The van der Waals surface area contributed by atoms with E-state index in [2.05, 4.69) is 16.4 Å². The van der Waals surface area contributed by atoms with Gasteiger partial charge in [0.15, 0.2) is 5.16 Å². The quantitative estimate of drug-likeness (QED) is 0.315. The average molecular weight is 491 g/mol. The molecular weight excluding hydrogens is 471 g/mol. The predicted molar refractivity (Wildman–Crippen MR) is 132 cm³/mol. The second-order valence-electron chi connectivity index (χ2n) is 8.00. The smallest absolute Gasteiger partial charge is 0.266 e. The monoisotopic (exact) mass is 490 g/mol. The molecule has 0 bridgehead atoms. The van der Waals surface area contributed by atoms with Crippen LogP contribution in [0, 0.1) is 24.1 Å². The van der Waals surface area contributed by atoms with E-state index in [1.807, 2.05) is 0 Å². The van der Waals surface area contributed by atoms with Crippen molar-refractivity contribution >= 4 is 44.9 Å². The second-order valence-corrected chi connectivity index (χ2v) is 10.0. The van der Waals surface area contributed by atoms with Crippen molar-refractivity contribution in [3.63, 3.8) is 0 Å². The van der Waals surface area contributed by atoms with Gasteiger partial charge in [-0.2, -0.15) is 5.26 Å². The minimum absolute atomic E-state index is 0.0213. The summed E-state index contributed by atoms with van der Waals surface area (Å²) in [5.74, 6) is -0.751. The molecule has 0 atom stereocenters. The van der Waals surface area contributed by atoms with E-state index in [0.29, 0.717) is 32.7 Å². The Morgan fingerprint density at radius 3 is 2.91 bits per heavy atom. The van der Waals surface area contributed by atoms with Gasteiger partial charge in [0, 0.05) is 4.88 Å². The zero-order valence-corrected chi connectivity index (χ0v) is 19.9. The molecule has 2 aromatic heterocycles. The molecule has 1 aliphatic carbocycles. The maximum Gasteiger partial charge on any atom is 0.266 e. The van der Waals surface area contributed by atoms with E-state index in [1.54, 1.807) is 43.3 Å². The molecule has 0 spiro atoms. The van der Waals surface area contributed by atoms with Crippen molar-refractivity contribution in [2.75, 3.05) is 11.1 Å². The first-order chi connectivity index (χ1) is 16.5. The molecule has 0 saturated heterocycles.